The van der Waals surface area contributed by atoms with Gasteiger partial charge in [-0.3, -0.25) is 13.9 Å². The summed E-state index contributed by atoms with van der Waals surface area (Å²) >= 11 is 0. The summed E-state index contributed by atoms with van der Waals surface area (Å²) in [6.07, 6.45) is 2.17. The summed E-state index contributed by atoms with van der Waals surface area (Å²) in [7, 11) is -4.05. The summed E-state index contributed by atoms with van der Waals surface area (Å²) in [6.45, 7) is 6.08. The molecule has 0 heterocycles. The molecule has 8 heteroatoms. The first kappa shape index (κ1) is 28.9. The Balaban J connectivity index is 2.00. The lowest BCUT2D eigenvalue weighted by Crippen LogP contribution is -2.52. The number of anilines is 1. The fraction of sp³-hybridized carbons (Fsp3) is 0.333. The highest BCUT2D eigenvalue weighted by Gasteiger charge is 2.33. The third kappa shape index (κ3) is 7.44. The molecule has 202 valence electrons. The molecule has 0 saturated heterocycles. The van der Waals surface area contributed by atoms with Gasteiger partial charge >= 0.3 is 0 Å². The Hall–Kier alpha value is -3.65. The van der Waals surface area contributed by atoms with Crippen molar-refractivity contribution in [1.82, 2.24) is 10.2 Å². The number of unbranched alkanes of at least 4 members (excludes halogenated alkanes) is 1. The Morgan fingerprint density at radius 3 is 2.05 bits per heavy atom. The van der Waals surface area contributed by atoms with Crippen LogP contribution >= 0.6 is 0 Å². The predicted molar refractivity (Wildman–Crippen MR) is 151 cm³/mol. The van der Waals surface area contributed by atoms with E-state index in [0.29, 0.717) is 18.7 Å². The Kier molecular flexibility index (Phi) is 10.5. The molecule has 3 rings (SSSR count). The van der Waals surface area contributed by atoms with E-state index in [2.05, 4.69) is 5.32 Å². The van der Waals surface area contributed by atoms with Gasteiger partial charge in [-0.15, -0.1) is 0 Å². The van der Waals surface area contributed by atoms with E-state index in [4.69, 9.17) is 0 Å². The van der Waals surface area contributed by atoms with Crippen LogP contribution in [0.25, 0.3) is 0 Å². The van der Waals surface area contributed by atoms with Crippen molar-refractivity contribution < 1.29 is 18.0 Å². The van der Waals surface area contributed by atoms with Gasteiger partial charge in [-0.25, -0.2) is 8.42 Å². The zero-order valence-electron chi connectivity index (χ0n) is 22.3. The second-order valence-corrected chi connectivity index (χ2v) is 11.1. The van der Waals surface area contributed by atoms with Crippen LogP contribution in [0.2, 0.25) is 0 Å². The van der Waals surface area contributed by atoms with E-state index >= 15 is 0 Å². The molecule has 7 nitrogen and oxygen atoms in total. The number of benzene rings is 3. The van der Waals surface area contributed by atoms with E-state index in [9.17, 15) is 18.0 Å². The molecule has 2 amide bonds. The van der Waals surface area contributed by atoms with Crippen LogP contribution in [-0.4, -0.2) is 44.3 Å². The van der Waals surface area contributed by atoms with Gasteiger partial charge in [0.05, 0.1) is 10.6 Å². The van der Waals surface area contributed by atoms with Crippen LogP contribution in [-0.2, 0) is 26.2 Å². The van der Waals surface area contributed by atoms with Crippen LogP contribution in [0.15, 0.2) is 89.8 Å². The average Bonchev–Trinajstić information content (AvgIpc) is 2.93. The summed E-state index contributed by atoms with van der Waals surface area (Å²) in [5, 5.41) is 2.94. The fourth-order valence-corrected chi connectivity index (χ4v) is 5.60. The second kappa shape index (κ2) is 13.8. The first-order chi connectivity index (χ1) is 18.3. The average molecular weight is 536 g/mol. The Labute approximate surface area is 226 Å². The standard InChI is InChI=1S/C30H37N3O4S/c1-4-6-21-31-30(35)28(5-2)32(22-25-13-9-7-10-14-25)29(34)23-33(26-19-17-24(3)18-20-26)38(36,37)27-15-11-8-12-16-27/h7-20,28H,4-6,21-23H2,1-3H3,(H,31,35)/t28-/m0/s1. The van der Waals surface area contributed by atoms with Gasteiger partial charge in [-0.1, -0.05) is 86.5 Å². The van der Waals surface area contributed by atoms with Gasteiger partial charge < -0.3 is 10.2 Å². The number of amides is 2. The number of sulfonamides is 1. The molecule has 0 aromatic heterocycles. The van der Waals surface area contributed by atoms with Crippen LogP contribution in [0.3, 0.4) is 0 Å². The maximum absolute atomic E-state index is 14.0. The van der Waals surface area contributed by atoms with Crippen molar-refractivity contribution in [3.05, 3.63) is 96.1 Å². The molecular formula is C30H37N3O4S. The van der Waals surface area contributed by atoms with E-state index < -0.39 is 28.5 Å². The molecule has 38 heavy (non-hydrogen) atoms. The zero-order valence-corrected chi connectivity index (χ0v) is 23.2. The van der Waals surface area contributed by atoms with Crippen LogP contribution in [0.1, 0.15) is 44.2 Å². The van der Waals surface area contributed by atoms with Gasteiger partial charge in [0.25, 0.3) is 10.0 Å². The molecule has 1 N–H and O–H groups in total. The van der Waals surface area contributed by atoms with Crippen molar-refractivity contribution in [2.24, 2.45) is 0 Å². The summed E-state index contributed by atoms with van der Waals surface area (Å²) < 4.78 is 28.6. The van der Waals surface area contributed by atoms with Crippen LogP contribution < -0.4 is 9.62 Å². The summed E-state index contributed by atoms with van der Waals surface area (Å²) in [4.78, 5) is 28.7. The first-order valence-corrected chi connectivity index (χ1v) is 14.5. The minimum atomic E-state index is -4.05. The largest absolute Gasteiger partial charge is 0.354 e. The lowest BCUT2D eigenvalue weighted by Gasteiger charge is -2.33. The van der Waals surface area contributed by atoms with Crippen molar-refractivity contribution in [2.75, 3.05) is 17.4 Å². The quantitative estimate of drug-likeness (QED) is 0.315. The van der Waals surface area contributed by atoms with E-state index in [-0.39, 0.29) is 17.3 Å². The van der Waals surface area contributed by atoms with Crippen molar-refractivity contribution >= 4 is 27.5 Å². The molecule has 3 aromatic rings. The molecule has 0 saturated carbocycles. The molecular weight excluding hydrogens is 498 g/mol. The summed E-state index contributed by atoms with van der Waals surface area (Å²) in [5.74, 6) is -0.690. The number of hydrogen-bond acceptors (Lipinski definition) is 4. The third-order valence-electron chi connectivity index (χ3n) is 6.34. The highest BCUT2D eigenvalue weighted by Crippen LogP contribution is 2.25. The molecule has 0 aliphatic carbocycles. The fourth-order valence-electron chi connectivity index (χ4n) is 4.17. The Morgan fingerprint density at radius 2 is 1.47 bits per heavy atom. The molecule has 0 radical (unpaired) electrons. The van der Waals surface area contributed by atoms with Crippen molar-refractivity contribution in [3.8, 4) is 0 Å². The van der Waals surface area contributed by atoms with Gasteiger partial charge in [-0.05, 0) is 49.6 Å². The zero-order chi connectivity index (χ0) is 27.5. The molecule has 0 fully saturated rings. The molecule has 0 unspecified atom stereocenters. The molecule has 0 aliphatic rings. The Morgan fingerprint density at radius 1 is 0.868 bits per heavy atom. The minimum Gasteiger partial charge on any atom is -0.354 e. The van der Waals surface area contributed by atoms with Crippen LogP contribution in [0, 0.1) is 6.92 Å². The maximum Gasteiger partial charge on any atom is 0.264 e. The highest BCUT2D eigenvalue weighted by molar-refractivity contribution is 7.92. The normalized spacial score (nSPS) is 12.0. The predicted octanol–water partition coefficient (Wildman–Crippen LogP) is 4.91. The SMILES string of the molecule is CCCCNC(=O)[C@H](CC)N(Cc1ccccc1)C(=O)CN(c1ccc(C)cc1)S(=O)(=O)c1ccccc1. The van der Waals surface area contributed by atoms with Gasteiger partial charge in [-0.2, -0.15) is 0 Å². The number of carbonyl (C=O) groups excluding carboxylic acids is 2. The number of carbonyl (C=O) groups is 2. The Bertz CT molecular complexity index is 1280. The molecule has 0 aliphatic heterocycles. The number of aryl methyl sites for hydroxylation is 1. The molecule has 1 atom stereocenters. The number of rotatable bonds is 13. The topological polar surface area (TPSA) is 86.8 Å². The monoisotopic (exact) mass is 535 g/mol. The van der Waals surface area contributed by atoms with Crippen molar-refractivity contribution in [2.45, 2.75) is 57.5 Å². The first-order valence-electron chi connectivity index (χ1n) is 13.0. The smallest absolute Gasteiger partial charge is 0.264 e. The minimum absolute atomic E-state index is 0.0901. The summed E-state index contributed by atoms with van der Waals surface area (Å²) in [6, 6.07) is 23.7. The molecule has 0 spiro atoms. The van der Waals surface area contributed by atoms with Gasteiger partial charge in [0.1, 0.15) is 12.6 Å². The maximum atomic E-state index is 14.0. The van der Waals surface area contributed by atoms with E-state index in [1.807, 2.05) is 63.2 Å². The number of hydrogen-bond donors (Lipinski definition) is 1. The second-order valence-electron chi connectivity index (χ2n) is 9.24. The van der Waals surface area contributed by atoms with Gasteiger partial charge in [0.15, 0.2) is 0 Å². The van der Waals surface area contributed by atoms with E-state index in [1.165, 1.54) is 17.0 Å². The number of nitrogens with zero attached hydrogens (tertiary/aromatic N) is 2. The van der Waals surface area contributed by atoms with E-state index in [0.717, 1.165) is 28.3 Å². The van der Waals surface area contributed by atoms with Crippen molar-refractivity contribution in [3.63, 3.8) is 0 Å². The van der Waals surface area contributed by atoms with Crippen molar-refractivity contribution in [1.29, 1.82) is 0 Å². The lowest BCUT2D eigenvalue weighted by atomic mass is 10.1. The number of nitrogens with one attached hydrogen (secondary N) is 1. The summed E-state index contributed by atoms with van der Waals surface area (Å²) in [5.41, 5.74) is 2.21. The van der Waals surface area contributed by atoms with E-state index in [1.54, 1.807) is 30.3 Å². The lowest BCUT2D eigenvalue weighted by molar-refractivity contribution is -0.140. The van der Waals surface area contributed by atoms with Crippen LogP contribution in [0.5, 0.6) is 0 Å². The third-order valence-corrected chi connectivity index (χ3v) is 8.13. The highest BCUT2D eigenvalue weighted by atomic mass is 32.2. The molecule has 3 aromatic carbocycles. The van der Waals surface area contributed by atoms with Crippen LogP contribution in [0.4, 0.5) is 5.69 Å². The van der Waals surface area contributed by atoms with Gasteiger partial charge in [0, 0.05) is 13.1 Å². The van der Waals surface area contributed by atoms with Gasteiger partial charge in [0.2, 0.25) is 11.8 Å². The molecule has 0 bridgehead atoms.